The Morgan fingerprint density at radius 2 is 1.73 bits per heavy atom. The van der Waals surface area contributed by atoms with E-state index in [2.05, 4.69) is 54.3 Å². The van der Waals surface area contributed by atoms with Gasteiger partial charge in [0.1, 0.15) is 12.1 Å². The molecule has 1 saturated heterocycles. The molecule has 3 unspecified atom stereocenters. The van der Waals surface area contributed by atoms with Crippen LogP contribution in [-0.2, 0) is 0 Å². The van der Waals surface area contributed by atoms with E-state index >= 15 is 0 Å². The Labute approximate surface area is 238 Å². The number of benzene rings is 2. The second-order valence-corrected chi connectivity index (χ2v) is 12.1. The van der Waals surface area contributed by atoms with Gasteiger partial charge in [-0.1, -0.05) is 17.8 Å². The summed E-state index contributed by atoms with van der Waals surface area (Å²) in [4.78, 5) is 19.6. The summed E-state index contributed by atoms with van der Waals surface area (Å²) in [5.74, 6) is 3.61. The molecular weight excluding hydrogens is 522 g/mol. The quantitative estimate of drug-likeness (QED) is 0.309. The first-order valence-electron chi connectivity index (χ1n) is 14.1. The minimum Gasteiger partial charge on any atom is -0.493 e. The van der Waals surface area contributed by atoms with Crippen molar-refractivity contribution >= 4 is 44.6 Å². The molecule has 10 heteroatoms. The molecule has 7 rings (SSSR count). The van der Waals surface area contributed by atoms with E-state index in [-0.39, 0.29) is 0 Å². The third kappa shape index (κ3) is 4.58. The van der Waals surface area contributed by atoms with Crippen LogP contribution in [0.15, 0.2) is 42.7 Å². The van der Waals surface area contributed by atoms with Gasteiger partial charge in [0.15, 0.2) is 16.6 Å². The third-order valence-electron chi connectivity index (χ3n) is 8.98. The number of ether oxygens (including phenoxy) is 2. The highest BCUT2D eigenvalue weighted by molar-refractivity contribution is 7.19. The van der Waals surface area contributed by atoms with Gasteiger partial charge in [-0.15, -0.1) is 0 Å². The number of nitrogen functional groups attached to an aromatic ring is 1. The average Bonchev–Trinajstić information content (AvgIpc) is 3.73. The monoisotopic (exact) mass is 557 g/mol. The van der Waals surface area contributed by atoms with Crippen molar-refractivity contribution in [3.8, 4) is 22.1 Å². The molecule has 40 heavy (non-hydrogen) atoms. The smallest absolute Gasteiger partial charge is 0.189 e. The molecule has 0 spiro atoms. The first kappa shape index (κ1) is 25.3. The number of hydrogen-bond acceptors (Lipinski definition) is 10. The van der Waals surface area contributed by atoms with E-state index in [0.717, 1.165) is 52.4 Å². The zero-order valence-electron chi connectivity index (χ0n) is 23.0. The number of methoxy groups -OCH3 is 2. The third-order valence-corrected chi connectivity index (χ3v) is 9.97. The standard InChI is InChI=1S/C30H35N7O2S/c1-38-25-15-22-23(16-26(25)39-2)32-17-33-27(22)28-29(31)35-30(40-28)34-20-5-7-21(8-6-20)36-9-11-37(12-10-36)24-14-18-3-4-19(24)13-18/h5-8,15-19,24H,3-4,9-14,31H2,1-2H3,(H,34,35). The summed E-state index contributed by atoms with van der Waals surface area (Å²) in [6.45, 7) is 4.53. The van der Waals surface area contributed by atoms with E-state index in [1.54, 1.807) is 14.2 Å². The van der Waals surface area contributed by atoms with Gasteiger partial charge in [-0.25, -0.2) is 15.0 Å². The Morgan fingerprint density at radius 1 is 0.950 bits per heavy atom. The summed E-state index contributed by atoms with van der Waals surface area (Å²) in [7, 11) is 3.22. The molecule has 9 nitrogen and oxygen atoms in total. The second kappa shape index (κ2) is 10.4. The summed E-state index contributed by atoms with van der Waals surface area (Å²) in [5.41, 5.74) is 10.1. The van der Waals surface area contributed by atoms with E-state index in [4.69, 9.17) is 15.2 Å². The van der Waals surface area contributed by atoms with E-state index < -0.39 is 0 Å². The highest BCUT2D eigenvalue weighted by Gasteiger charge is 2.42. The zero-order chi connectivity index (χ0) is 27.2. The fraction of sp³-hybridized carbons (Fsp3) is 0.433. The lowest BCUT2D eigenvalue weighted by atomic mass is 9.93. The van der Waals surface area contributed by atoms with Crippen molar-refractivity contribution in [1.29, 1.82) is 0 Å². The highest BCUT2D eigenvalue weighted by Crippen LogP contribution is 2.47. The number of piperazine rings is 1. The molecule has 208 valence electrons. The molecule has 1 aliphatic heterocycles. The molecule has 2 aromatic carbocycles. The van der Waals surface area contributed by atoms with Crippen LogP contribution in [0.2, 0.25) is 0 Å². The molecule has 2 saturated carbocycles. The Hall–Kier alpha value is -3.63. The van der Waals surface area contributed by atoms with Gasteiger partial charge in [-0.05, 0) is 61.4 Å². The van der Waals surface area contributed by atoms with Crippen molar-refractivity contribution in [2.45, 2.75) is 31.7 Å². The predicted octanol–water partition coefficient (Wildman–Crippen LogP) is 5.41. The molecule has 3 heterocycles. The molecule has 2 aromatic heterocycles. The Kier molecular flexibility index (Phi) is 6.59. The fourth-order valence-electron chi connectivity index (χ4n) is 6.97. The predicted molar refractivity (Wildman–Crippen MR) is 161 cm³/mol. The van der Waals surface area contributed by atoms with Crippen molar-refractivity contribution < 1.29 is 9.47 Å². The maximum atomic E-state index is 6.37. The average molecular weight is 558 g/mol. The summed E-state index contributed by atoms with van der Waals surface area (Å²) in [6, 6.07) is 13.2. The molecule has 0 radical (unpaired) electrons. The van der Waals surface area contributed by atoms with Crippen molar-refractivity contribution in [2.75, 3.05) is 56.3 Å². The van der Waals surface area contributed by atoms with Crippen LogP contribution < -0.4 is 25.4 Å². The number of thiazole rings is 1. The van der Waals surface area contributed by atoms with Gasteiger partial charge < -0.3 is 25.4 Å². The number of nitrogens with one attached hydrogen (secondary N) is 1. The van der Waals surface area contributed by atoms with Crippen LogP contribution in [0.5, 0.6) is 11.5 Å². The van der Waals surface area contributed by atoms with Gasteiger partial charge in [0.05, 0.1) is 30.3 Å². The minimum absolute atomic E-state index is 0.423. The van der Waals surface area contributed by atoms with Crippen molar-refractivity contribution in [2.24, 2.45) is 11.8 Å². The number of fused-ring (bicyclic) bond motifs is 3. The lowest BCUT2D eigenvalue weighted by molar-refractivity contribution is 0.135. The Bertz CT molecular complexity index is 1520. The van der Waals surface area contributed by atoms with Crippen LogP contribution in [0.4, 0.5) is 22.3 Å². The van der Waals surface area contributed by atoms with Gasteiger partial charge in [0.25, 0.3) is 0 Å². The van der Waals surface area contributed by atoms with Crippen LogP contribution in [0.1, 0.15) is 25.7 Å². The lowest BCUT2D eigenvalue weighted by Crippen LogP contribution is -2.51. The molecule has 3 atom stereocenters. The molecule has 2 aliphatic carbocycles. The Balaban J connectivity index is 1.04. The number of anilines is 4. The summed E-state index contributed by atoms with van der Waals surface area (Å²) >= 11 is 1.47. The molecule has 2 bridgehead atoms. The lowest BCUT2D eigenvalue weighted by Gasteiger charge is -2.41. The normalized spacial score (nSPS) is 22.6. The first-order valence-corrected chi connectivity index (χ1v) is 14.9. The van der Waals surface area contributed by atoms with E-state index in [1.165, 1.54) is 62.1 Å². The van der Waals surface area contributed by atoms with Crippen LogP contribution >= 0.6 is 11.3 Å². The van der Waals surface area contributed by atoms with Crippen molar-refractivity contribution in [3.63, 3.8) is 0 Å². The van der Waals surface area contributed by atoms with Crippen molar-refractivity contribution in [1.82, 2.24) is 19.9 Å². The fourth-order valence-corrected chi connectivity index (χ4v) is 7.88. The minimum atomic E-state index is 0.423. The van der Waals surface area contributed by atoms with Crippen LogP contribution in [0.25, 0.3) is 21.5 Å². The van der Waals surface area contributed by atoms with Gasteiger partial charge in [0, 0.05) is 55.0 Å². The number of nitrogens with two attached hydrogens (primary N) is 1. The maximum Gasteiger partial charge on any atom is 0.189 e. The molecule has 3 fully saturated rings. The summed E-state index contributed by atoms with van der Waals surface area (Å²) in [5, 5.41) is 4.97. The SMILES string of the molecule is COc1cc2ncnc(-c3sc(Nc4ccc(N5CCN(C6CC7CCC6C7)CC5)cc4)nc3N)c2cc1OC. The largest absolute Gasteiger partial charge is 0.493 e. The molecule has 4 aromatic rings. The first-order chi connectivity index (χ1) is 19.6. The summed E-state index contributed by atoms with van der Waals surface area (Å²) < 4.78 is 10.9. The second-order valence-electron chi connectivity index (χ2n) is 11.1. The summed E-state index contributed by atoms with van der Waals surface area (Å²) in [6.07, 6.45) is 7.37. The van der Waals surface area contributed by atoms with E-state index in [0.29, 0.717) is 28.1 Å². The van der Waals surface area contributed by atoms with Gasteiger partial charge in [-0.2, -0.15) is 0 Å². The number of aromatic nitrogens is 3. The van der Waals surface area contributed by atoms with Gasteiger partial charge >= 0.3 is 0 Å². The van der Waals surface area contributed by atoms with Crippen molar-refractivity contribution in [3.05, 3.63) is 42.7 Å². The maximum absolute atomic E-state index is 6.37. The number of rotatable bonds is 7. The van der Waals surface area contributed by atoms with Gasteiger partial charge in [0.2, 0.25) is 0 Å². The van der Waals surface area contributed by atoms with Crippen LogP contribution in [-0.4, -0.2) is 66.3 Å². The van der Waals surface area contributed by atoms with Gasteiger partial charge in [-0.3, -0.25) is 4.90 Å². The van der Waals surface area contributed by atoms with E-state index in [1.807, 2.05) is 12.1 Å². The highest BCUT2D eigenvalue weighted by atomic mass is 32.1. The molecular formula is C30H35N7O2S. The number of hydrogen-bond donors (Lipinski definition) is 2. The zero-order valence-corrected chi connectivity index (χ0v) is 23.8. The molecule has 3 aliphatic rings. The van der Waals surface area contributed by atoms with Crippen LogP contribution in [0, 0.1) is 11.8 Å². The van der Waals surface area contributed by atoms with Crippen LogP contribution in [0.3, 0.4) is 0 Å². The Morgan fingerprint density at radius 3 is 2.42 bits per heavy atom. The molecule has 0 amide bonds. The van der Waals surface area contributed by atoms with E-state index in [9.17, 15) is 0 Å². The molecule has 3 N–H and O–H groups in total. The topological polar surface area (TPSA) is 102 Å². The number of nitrogens with zero attached hydrogens (tertiary/aromatic N) is 5.